The fourth-order valence-electron chi connectivity index (χ4n) is 3.10. The third-order valence-corrected chi connectivity index (χ3v) is 4.64. The van der Waals surface area contributed by atoms with Crippen molar-refractivity contribution in [3.8, 4) is 0 Å². The second-order valence-corrected chi connectivity index (χ2v) is 6.96. The molecule has 0 bridgehead atoms. The Balaban J connectivity index is 2.52. The number of unbranched alkanes of at least 4 members (excludes halogenated alkanes) is 3. The first-order valence-corrected chi connectivity index (χ1v) is 9.68. The van der Waals surface area contributed by atoms with Gasteiger partial charge in [-0.15, -0.1) is 0 Å². The molecule has 0 radical (unpaired) electrons. The van der Waals surface area contributed by atoms with E-state index in [0.717, 1.165) is 19.3 Å². The van der Waals surface area contributed by atoms with Crippen molar-refractivity contribution in [2.45, 2.75) is 89.3 Å². The van der Waals surface area contributed by atoms with E-state index in [4.69, 9.17) is 9.84 Å². The summed E-state index contributed by atoms with van der Waals surface area (Å²) in [5.74, 6) is -1.00. The zero-order valence-corrected chi connectivity index (χ0v) is 15.7. The van der Waals surface area contributed by atoms with E-state index in [9.17, 15) is 20.1 Å². The molecule has 0 amide bonds. The third kappa shape index (κ3) is 9.48. The van der Waals surface area contributed by atoms with E-state index in [1.165, 1.54) is 0 Å². The molecule has 0 aromatic rings. The van der Waals surface area contributed by atoms with Crippen LogP contribution < -0.4 is 0 Å². The number of aliphatic hydroxyl groups is 3. The smallest absolute Gasteiger partial charge is 0.303 e. The quantitative estimate of drug-likeness (QED) is 0.311. The van der Waals surface area contributed by atoms with Crippen LogP contribution in [-0.2, 0) is 9.53 Å². The number of ether oxygens (including phenoxy) is 1. The van der Waals surface area contributed by atoms with Gasteiger partial charge in [-0.25, -0.2) is 0 Å². The molecule has 1 aliphatic rings. The molecule has 0 aromatic heterocycles. The van der Waals surface area contributed by atoms with Crippen LogP contribution >= 0.6 is 0 Å². The highest BCUT2D eigenvalue weighted by Crippen LogP contribution is 2.29. The van der Waals surface area contributed by atoms with Gasteiger partial charge in [-0.1, -0.05) is 50.5 Å². The fourth-order valence-corrected chi connectivity index (χ4v) is 3.10. The average molecular weight is 370 g/mol. The van der Waals surface area contributed by atoms with Gasteiger partial charge in [0.15, 0.2) is 6.29 Å². The van der Waals surface area contributed by atoms with Gasteiger partial charge in [0.2, 0.25) is 0 Å². The Labute approximate surface area is 156 Å². The van der Waals surface area contributed by atoms with E-state index in [2.05, 4.69) is 6.92 Å². The number of rotatable bonds is 12. The minimum Gasteiger partial charge on any atom is -0.481 e. The summed E-state index contributed by atoms with van der Waals surface area (Å²) in [6.45, 7) is 2.11. The van der Waals surface area contributed by atoms with Crippen LogP contribution in [0.15, 0.2) is 24.3 Å². The fraction of sp³-hybridized carbons (Fsp3) is 0.750. The second kappa shape index (κ2) is 13.0. The molecule has 0 aromatic carbocycles. The molecule has 1 fully saturated rings. The first kappa shape index (κ1) is 22.8. The van der Waals surface area contributed by atoms with Crippen molar-refractivity contribution in [1.29, 1.82) is 0 Å². The number of aliphatic hydroxyl groups excluding tert-OH is 3. The monoisotopic (exact) mass is 370 g/mol. The number of hydrogen-bond donors (Lipinski definition) is 4. The van der Waals surface area contributed by atoms with Gasteiger partial charge in [-0.05, 0) is 25.7 Å². The lowest BCUT2D eigenvalue weighted by Gasteiger charge is -2.36. The Morgan fingerprint density at radius 3 is 2.69 bits per heavy atom. The van der Waals surface area contributed by atoms with Gasteiger partial charge in [0.25, 0.3) is 0 Å². The first-order chi connectivity index (χ1) is 12.4. The number of carboxylic acid groups (broad SMARTS) is 1. The average Bonchev–Trinajstić information content (AvgIpc) is 2.57. The van der Waals surface area contributed by atoms with E-state index >= 15 is 0 Å². The lowest BCUT2D eigenvalue weighted by molar-refractivity contribution is -0.199. The summed E-state index contributed by atoms with van der Waals surface area (Å²) < 4.78 is 5.54. The summed E-state index contributed by atoms with van der Waals surface area (Å²) >= 11 is 0. The summed E-state index contributed by atoms with van der Waals surface area (Å²) in [5, 5.41) is 38.7. The number of carbonyl (C=O) groups is 1. The molecular weight excluding hydrogens is 336 g/mol. The van der Waals surface area contributed by atoms with Crippen LogP contribution in [-0.4, -0.2) is 51.0 Å². The van der Waals surface area contributed by atoms with Gasteiger partial charge >= 0.3 is 5.97 Å². The van der Waals surface area contributed by atoms with E-state index in [0.29, 0.717) is 25.7 Å². The van der Waals surface area contributed by atoms with E-state index in [-0.39, 0.29) is 18.8 Å². The molecule has 4 N–H and O–H groups in total. The number of aliphatic carboxylic acids is 1. The van der Waals surface area contributed by atoms with E-state index < -0.39 is 30.6 Å². The Morgan fingerprint density at radius 1 is 1.23 bits per heavy atom. The van der Waals surface area contributed by atoms with Crippen LogP contribution in [0.25, 0.3) is 0 Å². The topological polar surface area (TPSA) is 107 Å². The minimum absolute atomic E-state index is 0.146. The Bertz CT molecular complexity index is 448. The van der Waals surface area contributed by atoms with Crippen molar-refractivity contribution >= 4 is 5.97 Å². The summed E-state index contributed by atoms with van der Waals surface area (Å²) in [7, 11) is 0. The standard InChI is InChI=1S/C20H34O6/c1-2-3-6-9-15(21)12-13-18-16(17(22)14-20(25)26-18)10-7-4-5-8-11-19(23)24/h4,7,12-13,15-18,20-22,25H,2-3,5-6,8-11,14H2,1H3,(H,23,24)/b7-4-,13-12+/t15-,16-,17-,18-,20-/m1/s1. The molecule has 6 nitrogen and oxygen atoms in total. The predicted molar refractivity (Wildman–Crippen MR) is 99.5 cm³/mol. The number of carboxylic acids is 1. The highest BCUT2D eigenvalue weighted by molar-refractivity contribution is 5.66. The van der Waals surface area contributed by atoms with Crippen LogP contribution in [0.4, 0.5) is 0 Å². The molecule has 1 rings (SSSR count). The van der Waals surface area contributed by atoms with Gasteiger partial charge in [-0.2, -0.15) is 0 Å². The van der Waals surface area contributed by atoms with Gasteiger partial charge in [-0.3, -0.25) is 4.79 Å². The molecule has 0 unspecified atom stereocenters. The predicted octanol–water partition coefficient (Wildman–Crippen LogP) is 2.77. The van der Waals surface area contributed by atoms with Crippen LogP contribution in [0.3, 0.4) is 0 Å². The SMILES string of the molecule is CCCCC[C@@H](O)/C=C/[C@H]1O[C@@H](O)C[C@@H](O)[C@H]1C/C=C\CCCC(=O)O. The Kier molecular flexibility index (Phi) is 11.4. The lowest BCUT2D eigenvalue weighted by atomic mass is 9.87. The van der Waals surface area contributed by atoms with Crippen LogP contribution in [0.2, 0.25) is 0 Å². The van der Waals surface area contributed by atoms with Crippen molar-refractivity contribution in [3.05, 3.63) is 24.3 Å². The molecule has 5 atom stereocenters. The number of allylic oxidation sites excluding steroid dienone is 2. The molecule has 1 aliphatic heterocycles. The van der Waals surface area contributed by atoms with Crippen molar-refractivity contribution in [2.24, 2.45) is 5.92 Å². The molecule has 0 spiro atoms. The summed E-state index contributed by atoms with van der Waals surface area (Å²) in [6, 6.07) is 0. The molecule has 0 saturated carbocycles. The van der Waals surface area contributed by atoms with E-state index in [1.54, 1.807) is 12.2 Å². The third-order valence-electron chi connectivity index (χ3n) is 4.64. The highest BCUT2D eigenvalue weighted by atomic mass is 16.6. The van der Waals surface area contributed by atoms with Crippen molar-refractivity contribution < 1.29 is 30.0 Å². The molecule has 150 valence electrons. The summed E-state index contributed by atoms with van der Waals surface area (Å²) in [6.07, 6.45) is 10.5. The maximum absolute atomic E-state index is 10.5. The van der Waals surface area contributed by atoms with Gasteiger partial charge in [0, 0.05) is 18.8 Å². The lowest BCUT2D eigenvalue weighted by Crippen LogP contribution is -2.43. The second-order valence-electron chi connectivity index (χ2n) is 6.96. The van der Waals surface area contributed by atoms with Crippen molar-refractivity contribution in [3.63, 3.8) is 0 Å². The van der Waals surface area contributed by atoms with Crippen LogP contribution in [0.5, 0.6) is 0 Å². The minimum atomic E-state index is -1.01. The Morgan fingerprint density at radius 2 is 2.00 bits per heavy atom. The molecule has 1 saturated heterocycles. The molecule has 1 heterocycles. The van der Waals surface area contributed by atoms with Crippen LogP contribution in [0.1, 0.15) is 64.7 Å². The normalized spacial score (nSPS) is 28.0. The Hall–Kier alpha value is -1.21. The molecule has 0 aliphatic carbocycles. The van der Waals surface area contributed by atoms with Crippen LogP contribution in [0, 0.1) is 5.92 Å². The molecule has 26 heavy (non-hydrogen) atoms. The maximum Gasteiger partial charge on any atom is 0.303 e. The van der Waals surface area contributed by atoms with Crippen molar-refractivity contribution in [2.75, 3.05) is 0 Å². The van der Waals surface area contributed by atoms with Crippen molar-refractivity contribution in [1.82, 2.24) is 0 Å². The highest BCUT2D eigenvalue weighted by Gasteiger charge is 2.35. The summed E-state index contributed by atoms with van der Waals surface area (Å²) in [5.41, 5.74) is 0. The zero-order chi connectivity index (χ0) is 19.4. The largest absolute Gasteiger partial charge is 0.481 e. The van der Waals surface area contributed by atoms with E-state index in [1.807, 2.05) is 12.2 Å². The first-order valence-electron chi connectivity index (χ1n) is 9.68. The number of hydrogen-bond acceptors (Lipinski definition) is 5. The zero-order valence-electron chi connectivity index (χ0n) is 15.7. The molecular formula is C20H34O6. The van der Waals surface area contributed by atoms with Gasteiger partial charge in [0.1, 0.15) is 0 Å². The van der Waals surface area contributed by atoms with Gasteiger partial charge in [0.05, 0.1) is 18.3 Å². The molecule has 6 heteroatoms. The maximum atomic E-state index is 10.5. The summed E-state index contributed by atoms with van der Waals surface area (Å²) in [4.78, 5) is 10.5. The van der Waals surface area contributed by atoms with Gasteiger partial charge < -0.3 is 25.2 Å².